The minimum atomic E-state index is -4.91. The Morgan fingerprint density at radius 2 is 1.61 bits per heavy atom. The van der Waals surface area contributed by atoms with E-state index in [1.54, 1.807) is 0 Å². The SMILES string of the molecule is O=C(NC1[C@@H]2CC3C[C@H]1CC(CNc1nc(NCc4ccccc4OC(F)(F)F)ncc1C(F)(F)F)(C3)C2)OCc1ccccc1. The van der Waals surface area contributed by atoms with Gasteiger partial charge in [0.2, 0.25) is 5.95 Å². The van der Waals surface area contributed by atoms with Crippen LogP contribution in [0.5, 0.6) is 5.75 Å². The van der Waals surface area contributed by atoms with Gasteiger partial charge in [-0.3, -0.25) is 0 Å². The number of ether oxygens (including phenoxy) is 2. The molecular formula is C32H33F6N5O3. The van der Waals surface area contributed by atoms with Gasteiger partial charge in [0.05, 0.1) is 0 Å². The van der Waals surface area contributed by atoms with Crippen LogP contribution in [0.3, 0.4) is 0 Å². The molecule has 4 aliphatic carbocycles. The molecule has 14 heteroatoms. The molecule has 3 N–H and O–H groups in total. The molecule has 0 radical (unpaired) electrons. The lowest BCUT2D eigenvalue weighted by Crippen LogP contribution is -2.60. The van der Waals surface area contributed by atoms with E-state index >= 15 is 0 Å². The van der Waals surface area contributed by atoms with Crippen LogP contribution in [0.15, 0.2) is 60.8 Å². The summed E-state index contributed by atoms with van der Waals surface area (Å²) in [7, 11) is 0. The fraction of sp³-hybridized carbons (Fsp3) is 0.469. The number of aromatic nitrogens is 2. The van der Waals surface area contributed by atoms with Crippen LogP contribution in [-0.2, 0) is 24.1 Å². The van der Waals surface area contributed by atoms with Gasteiger partial charge in [-0.15, -0.1) is 13.2 Å². The van der Waals surface area contributed by atoms with E-state index in [1.165, 1.54) is 18.2 Å². The fourth-order valence-electron chi connectivity index (χ4n) is 7.67. The summed E-state index contributed by atoms with van der Waals surface area (Å²) in [6, 6.07) is 14.8. The van der Waals surface area contributed by atoms with Crippen molar-refractivity contribution in [3.8, 4) is 5.75 Å². The highest BCUT2D eigenvalue weighted by Crippen LogP contribution is 2.60. The van der Waals surface area contributed by atoms with E-state index in [9.17, 15) is 31.1 Å². The van der Waals surface area contributed by atoms with Gasteiger partial charge in [-0.25, -0.2) is 9.78 Å². The molecule has 7 rings (SSSR count). The molecule has 4 bridgehead atoms. The highest BCUT2D eigenvalue weighted by molar-refractivity contribution is 5.67. The van der Waals surface area contributed by atoms with Crippen LogP contribution in [-0.4, -0.2) is 35.0 Å². The number of alkyl carbamates (subject to hydrolysis) is 1. The molecule has 2 aromatic carbocycles. The van der Waals surface area contributed by atoms with Crippen LogP contribution in [0.25, 0.3) is 0 Å². The van der Waals surface area contributed by atoms with Crippen molar-refractivity contribution in [2.24, 2.45) is 23.2 Å². The molecule has 3 unspecified atom stereocenters. The van der Waals surface area contributed by atoms with Gasteiger partial charge in [0.25, 0.3) is 0 Å². The first-order chi connectivity index (χ1) is 21.9. The number of rotatable bonds is 10. The number of alkyl halides is 6. The fourth-order valence-corrected chi connectivity index (χ4v) is 7.67. The van der Waals surface area contributed by atoms with Crippen molar-refractivity contribution in [2.75, 3.05) is 17.2 Å². The number of hydrogen-bond donors (Lipinski definition) is 3. The molecule has 0 saturated heterocycles. The Kier molecular flexibility index (Phi) is 8.64. The van der Waals surface area contributed by atoms with Crippen molar-refractivity contribution in [1.82, 2.24) is 15.3 Å². The van der Waals surface area contributed by atoms with Gasteiger partial charge in [-0.1, -0.05) is 48.5 Å². The summed E-state index contributed by atoms with van der Waals surface area (Å²) >= 11 is 0. The van der Waals surface area contributed by atoms with E-state index in [2.05, 4.69) is 30.7 Å². The number of nitrogens with one attached hydrogen (secondary N) is 3. The van der Waals surface area contributed by atoms with E-state index in [0.717, 1.165) is 43.7 Å². The third-order valence-corrected chi connectivity index (χ3v) is 9.26. The minimum absolute atomic E-state index is 0.0576. The number of nitrogens with zero attached hydrogens (tertiary/aromatic N) is 2. The highest BCUT2D eigenvalue weighted by Gasteiger charge is 2.55. The third-order valence-electron chi connectivity index (χ3n) is 9.26. The van der Waals surface area contributed by atoms with Gasteiger partial charge in [-0.2, -0.15) is 18.2 Å². The molecule has 4 saturated carbocycles. The zero-order valence-corrected chi connectivity index (χ0v) is 24.6. The second-order valence-corrected chi connectivity index (χ2v) is 12.5. The number of carbonyl (C=O) groups excluding carboxylic acids is 1. The predicted octanol–water partition coefficient (Wildman–Crippen LogP) is 7.54. The van der Waals surface area contributed by atoms with Crippen molar-refractivity contribution in [3.05, 3.63) is 77.5 Å². The number of para-hydroxylation sites is 1. The van der Waals surface area contributed by atoms with E-state index in [0.29, 0.717) is 12.1 Å². The smallest absolute Gasteiger partial charge is 0.445 e. The van der Waals surface area contributed by atoms with E-state index in [4.69, 9.17) is 4.74 Å². The maximum absolute atomic E-state index is 14.0. The first-order valence-corrected chi connectivity index (χ1v) is 15.1. The second-order valence-electron chi connectivity index (χ2n) is 12.5. The highest BCUT2D eigenvalue weighted by atomic mass is 19.4. The van der Waals surface area contributed by atoms with Crippen molar-refractivity contribution < 1.29 is 40.6 Å². The van der Waals surface area contributed by atoms with Crippen LogP contribution >= 0.6 is 0 Å². The summed E-state index contributed by atoms with van der Waals surface area (Å²) in [6.07, 6.45) is -5.22. The lowest BCUT2D eigenvalue weighted by Gasteiger charge is -2.60. The Balaban J connectivity index is 1.11. The Morgan fingerprint density at radius 1 is 0.913 bits per heavy atom. The van der Waals surface area contributed by atoms with Crippen molar-refractivity contribution >= 4 is 17.9 Å². The molecular weight excluding hydrogens is 616 g/mol. The Morgan fingerprint density at radius 3 is 2.30 bits per heavy atom. The number of amides is 1. The first-order valence-electron chi connectivity index (χ1n) is 15.1. The Labute approximate surface area is 261 Å². The lowest BCUT2D eigenvalue weighted by molar-refractivity contribution is -0.274. The van der Waals surface area contributed by atoms with Crippen LogP contribution < -0.4 is 20.7 Å². The van der Waals surface area contributed by atoms with Crippen molar-refractivity contribution in [3.63, 3.8) is 0 Å². The number of carbonyl (C=O) groups is 1. The molecule has 4 aliphatic rings. The minimum Gasteiger partial charge on any atom is -0.445 e. The van der Waals surface area contributed by atoms with Crippen molar-refractivity contribution in [2.45, 2.75) is 63.8 Å². The van der Waals surface area contributed by atoms with Gasteiger partial charge in [0.15, 0.2) is 0 Å². The maximum Gasteiger partial charge on any atom is 0.573 e. The van der Waals surface area contributed by atoms with Crippen LogP contribution in [0.4, 0.5) is 42.9 Å². The molecule has 1 amide bonds. The van der Waals surface area contributed by atoms with E-state index in [-0.39, 0.29) is 54.5 Å². The van der Waals surface area contributed by atoms with E-state index in [1.807, 2.05) is 30.3 Å². The maximum atomic E-state index is 14.0. The number of halogens is 6. The molecule has 5 atom stereocenters. The number of anilines is 2. The summed E-state index contributed by atoms with van der Waals surface area (Å²) in [5, 5.41) is 8.74. The summed E-state index contributed by atoms with van der Waals surface area (Å²) in [6.45, 7) is 0.202. The first kappa shape index (κ1) is 31.7. The van der Waals surface area contributed by atoms with E-state index < -0.39 is 35.8 Å². The van der Waals surface area contributed by atoms with Gasteiger partial charge in [-0.05, 0) is 66.9 Å². The molecule has 4 fully saturated rings. The molecule has 0 aliphatic heterocycles. The lowest BCUT2D eigenvalue weighted by atomic mass is 9.48. The van der Waals surface area contributed by atoms with Gasteiger partial charge < -0.3 is 25.4 Å². The molecule has 46 heavy (non-hydrogen) atoms. The topological polar surface area (TPSA) is 97.4 Å². The Hall–Kier alpha value is -4.23. The predicted molar refractivity (Wildman–Crippen MR) is 156 cm³/mol. The average Bonchev–Trinajstić information content (AvgIpc) is 2.99. The van der Waals surface area contributed by atoms with Crippen LogP contribution in [0.2, 0.25) is 0 Å². The summed E-state index contributed by atoms with van der Waals surface area (Å²) in [4.78, 5) is 20.5. The molecule has 1 heterocycles. The Bertz CT molecular complexity index is 1520. The zero-order valence-electron chi connectivity index (χ0n) is 24.6. The summed E-state index contributed by atoms with van der Waals surface area (Å²) < 4.78 is 89.8. The molecule has 246 valence electrons. The van der Waals surface area contributed by atoms with Crippen LogP contribution in [0, 0.1) is 23.2 Å². The molecule has 1 aromatic heterocycles. The third kappa shape index (κ3) is 7.42. The second kappa shape index (κ2) is 12.5. The number of hydrogen-bond acceptors (Lipinski definition) is 7. The average molecular weight is 650 g/mol. The largest absolute Gasteiger partial charge is 0.573 e. The summed E-state index contributed by atoms with van der Waals surface area (Å²) in [5.74, 6) is -0.240. The van der Waals surface area contributed by atoms with Crippen LogP contribution in [0.1, 0.15) is 48.8 Å². The normalized spacial score (nSPS) is 25.2. The van der Waals surface area contributed by atoms with Gasteiger partial charge in [0.1, 0.15) is 23.7 Å². The molecule has 8 nitrogen and oxygen atoms in total. The quantitative estimate of drug-likeness (QED) is 0.195. The van der Waals surface area contributed by atoms with Crippen molar-refractivity contribution in [1.29, 1.82) is 0 Å². The van der Waals surface area contributed by atoms with Gasteiger partial charge in [0, 0.05) is 30.9 Å². The zero-order chi connectivity index (χ0) is 32.5. The monoisotopic (exact) mass is 649 g/mol. The van der Waals surface area contributed by atoms with Gasteiger partial charge >= 0.3 is 18.6 Å². The standard InChI is InChI=1S/C32H33F6N5O3/c33-31(34,35)24-16-40-28(39-15-21-8-4-5-9-25(21)46-32(36,37)38)43-27(24)41-18-30-12-20-10-22(13-30)26(23(11-20)14-30)42-29(44)45-17-19-6-2-1-3-7-19/h1-9,16,20,22-23,26H,10-15,17-18H2,(H,42,44)(H2,39,40,41,43)/t20?,22-,23+,26?,30?. The number of benzene rings is 2. The molecule has 3 aromatic rings. The summed E-state index contributed by atoms with van der Waals surface area (Å²) in [5.41, 5.74) is -0.296. The molecule has 0 spiro atoms.